The molecule has 2 aromatic rings. The van der Waals surface area contributed by atoms with Crippen LogP contribution < -0.4 is 5.73 Å². The third-order valence-corrected chi connectivity index (χ3v) is 4.23. The summed E-state index contributed by atoms with van der Waals surface area (Å²) in [5.41, 5.74) is 5.37. The van der Waals surface area contributed by atoms with Gasteiger partial charge in [0.2, 0.25) is 0 Å². The molecule has 5 nitrogen and oxygen atoms in total. The Morgan fingerprint density at radius 2 is 1.96 bits per heavy atom. The number of benzene rings is 1. The molecule has 0 unspecified atom stereocenters. The zero-order valence-electron chi connectivity index (χ0n) is 15.0. The molecule has 2 N–H and O–H groups in total. The van der Waals surface area contributed by atoms with Gasteiger partial charge in [-0.1, -0.05) is 5.92 Å². The van der Waals surface area contributed by atoms with Crippen molar-refractivity contribution in [2.45, 2.75) is 38.1 Å². The van der Waals surface area contributed by atoms with Crippen LogP contribution in [-0.4, -0.2) is 28.3 Å². The highest BCUT2D eigenvalue weighted by Gasteiger charge is 2.50. The first-order valence-electron chi connectivity index (χ1n) is 8.26. The van der Waals surface area contributed by atoms with Crippen molar-refractivity contribution in [2.75, 3.05) is 0 Å². The molecule has 1 aliphatic heterocycles. The maximum absolute atomic E-state index is 14.5. The van der Waals surface area contributed by atoms with Gasteiger partial charge in [0.1, 0.15) is 11.5 Å². The number of nitrogens with zero attached hydrogens (tertiary/aromatic N) is 3. The van der Waals surface area contributed by atoms with Crippen LogP contribution >= 0.6 is 0 Å². The van der Waals surface area contributed by atoms with Crippen molar-refractivity contribution in [3.05, 3.63) is 58.9 Å². The van der Waals surface area contributed by atoms with Gasteiger partial charge in [0.15, 0.2) is 6.10 Å². The highest BCUT2D eigenvalue weighted by molar-refractivity contribution is 5.73. The van der Waals surface area contributed by atoms with Gasteiger partial charge in [-0.2, -0.15) is 13.2 Å². The lowest BCUT2D eigenvalue weighted by molar-refractivity contribution is -0.208. The van der Waals surface area contributed by atoms with Gasteiger partial charge < -0.3 is 10.5 Å². The van der Waals surface area contributed by atoms with Crippen molar-refractivity contribution >= 4 is 6.02 Å². The molecule has 0 amide bonds. The predicted octanol–water partition coefficient (Wildman–Crippen LogP) is 3.21. The number of hydrogen-bond donors (Lipinski definition) is 1. The SMILES string of the molecule is Cc1cnc(C#Cc2ccc(F)c([C@]3(C)C[C@@H](C(F)(F)F)OC(N)=N3)c2)cn1. The van der Waals surface area contributed by atoms with Gasteiger partial charge in [-0.05, 0) is 38.0 Å². The highest BCUT2D eigenvalue weighted by Crippen LogP contribution is 2.40. The number of hydrogen-bond acceptors (Lipinski definition) is 5. The average molecular weight is 392 g/mol. The van der Waals surface area contributed by atoms with E-state index in [2.05, 4.69) is 31.5 Å². The Morgan fingerprint density at radius 1 is 1.21 bits per heavy atom. The summed E-state index contributed by atoms with van der Waals surface area (Å²) < 4.78 is 58.4. The topological polar surface area (TPSA) is 73.4 Å². The Morgan fingerprint density at radius 3 is 2.61 bits per heavy atom. The third-order valence-electron chi connectivity index (χ3n) is 4.23. The maximum Gasteiger partial charge on any atom is 0.425 e. The zero-order chi connectivity index (χ0) is 20.5. The van der Waals surface area contributed by atoms with E-state index in [-0.39, 0.29) is 5.56 Å². The van der Waals surface area contributed by atoms with Crippen molar-refractivity contribution in [2.24, 2.45) is 10.7 Å². The van der Waals surface area contributed by atoms with Crippen LogP contribution in [0.15, 0.2) is 35.6 Å². The number of aryl methyl sites for hydroxylation is 1. The summed E-state index contributed by atoms with van der Waals surface area (Å²) in [5, 5.41) is 0. The molecule has 1 aliphatic rings. The fourth-order valence-electron chi connectivity index (χ4n) is 2.83. The van der Waals surface area contributed by atoms with Gasteiger partial charge in [0, 0.05) is 23.7 Å². The van der Waals surface area contributed by atoms with Crippen LogP contribution in [0, 0.1) is 24.6 Å². The molecule has 0 fully saturated rings. The van der Waals surface area contributed by atoms with Crippen LogP contribution in [0.5, 0.6) is 0 Å². The molecule has 0 saturated heterocycles. The van der Waals surface area contributed by atoms with E-state index in [4.69, 9.17) is 5.73 Å². The van der Waals surface area contributed by atoms with E-state index in [0.29, 0.717) is 11.3 Å². The monoisotopic (exact) mass is 392 g/mol. The van der Waals surface area contributed by atoms with E-state index < -0.39 is 36.1 Å². The van der Waals surface area contributed by atoms with E-state index >= 15 is 0 Å². The van der Waals surface area contributed by atoms with E-state index in [1.165, 1.54) is 25.3 Å². The molecule has 1 aromatic heterocycles. The molecular weight excluding hydrogens is 376 g/mol. The molecule has 28 heavy (non-hydrogen) atoms. The second kappa shape index (κ2) is 7.11. The molecule has 2 heterocycles. The Labute approximate surface area is 158 Å². The number of aliphatic imine (C=N–C) groups is 1. The first-order chi connectivity index (χ1) is 13.1. The molecule has 146 valence electrons. The lowest BCUT2D eigenvalue weighted by Crippen LogP contribution is -2.46. The Balaban J connectivity index is 1.97. The van der Waals surface area contributed by atoms with Gasteiger partial charge >= 0.3 is 6.18 Å². The molecule has 0 saturated carbocycles. The standard InChI is InChI=1S/C19H16F4N4O/c1-11-9-26-13(10-25-11)5-3-12-4-6-15(20)14(7-12)18(2)8-16(19(21,22)23)28-17(24)27-18/h4,6-7,9-10,16H,8H2,1-2H3,(H2,24,27)/t16-,18-/m0/s1. The van der Waals surface area contributed by atoms with Crippen LogP contribution in [-0.2, 0) is 10.3 Å². The number of ether oxygens (including phenoxy) is 1. The molecule has 0 aliphatic carbocycles. The first kappa shape index (κ1) is 19.6. The zero-order valence-corrected chi connectivity index (χ0v) is 15.0. The Kier molecular flexibility index (Phi) is 4.98. The van der Waals surface area contributed by atoms with E-state index in [9.17, 15) is 17.6 Å². The largest absolute Gasteiger partial charge is 0.452 e. The van der Waals surface area contributed by atoms with Gasteiger partial charge in [-0.15, -0.1) is 0 Å². The van der Waals surface area contributed by atoms with Crippen LogP contribution in [0.25, 0.3) is 0 Å². The summed E-state index contributed by atoms with van der Waals surface area (Å²) in [7, 11) is 0. The van der Waals surface area contributed by atoms with Crippen molar-refractivity contribution in [3.8, 4) is 11.8 Å². The average Bonchev–Trinajstić information content (AvgIpc) is 2.61. The van der Waals surface area contributed by atoms with E-state index in [1.54, 1.807) is 13.1 Å². The second-order valence-corrected chi connectivity index (χ2v) is 6.56. The van der Waals surface area contributed by atoms with Crippen LogP contribution in [0.3, 0.4) is 0 Å². The molecule has 2 atom stereocenters. The lowest BCUT2D eigenvalue weighted by Gasteiger charge is -2.35. The molecule has 0 bridgehead atoms. The van der Waals surface area contributed by atoms with Crippen LogP contribution in [0.2, 0.25) is 0 Å². The number of halogens is 4. The molecule has 0 radical (unpaired) electrons. The Bertz CT molecular complexity index is 976. The molecule has 9 heteroatoms. The molecule has 0 spiro atoms. The van der Waals surface area contributed by atoms with Crippen molar-refractivity contribution in [1.82, 2.24) is 9.97 Å². The number of nitrogens with two attached hydrogens (primary N) is 1. The summed E-state index contributed by atoms with van der Waals surface area (Å²) in [4.78, 5) is 12.1. The summed E-state index contributed by atoms with van der Waals surface area (Å²) in [6.07, 6.45) is -4.38. The summed E-state index contributed by atoms with van der Waals surface area (Å²) in [6, 6.07) is 3.28. The smallest absolute Gasteiger partial charge is 0.425 e. The fourth-order valence-corrected chi connectivity index (χ4v) is 2.83. The van der Waals surface area contributed by atoms with Gasteiger partial charge in [-0.25, -0.2) is 14.4 Å². The van der Waals surface area contributed by atoms with Gasteiger partial charge in [-0.3, -0.25) is 4.98 Å². The number of amidine groups is 1. The van der Waals surface area contributed by atoms with Crippen molar-refractivity contribution < 1.29 is 22.3 Å². The number of alkyl halides is 3. The minimum atomic E-state index is -4.65. The third kappa shape index (κ3) is 4.22. The normalized spacial score (nSPS) is 21.9. The van der Waals surface area contributed by atoms with Crippen molar-refractivity contribution in [3.63, 3.8) is 0 Å². The predicted molar refractivity (Wildman–Crippen MR) is 93.7 cm³/mol. The molecular formula is C19H16F4N4O. The van der Waals surface area contributed by atoms with Crippen molar-refractivity contribution in [1.29, 1.82) is 0 Å². The minimum Gasteiger partial charge on any atom is -0.452 e. The van der Waals surface area contributed by atoms with Gasteiger partial charge in [0.05, 0.1) is 17.4 Å². The molecule has 1 aromatic carbocycles. The highest BCUT2D eigenvalue weighted by atomic mass is 19.4. The van der Waals surface area contributed by atoms with E-state index in [1.807, 2.05) is 0 Å². The summed E-state index contributed by atoms with van der Waals surface area (Å²) in [6.45, 7) is 3.16. The Hall–Kier alpha value is -3.15. The quantitative estimate of drug-likeness (QED) is 0.598. The summed E-state index contributed by atoms with van der Waals surface area (Å²) in [5.74, 6) is 4.88. The lowest BCUT2D eigenvalue weighted by atomic mass is 9.85. The second-order valence-electron chi connectivity index (χ2n) is 6.56. The van der Waals surface area contributed by atoms with Crippen LogP contribution in [0.4, 0.5) is 17.6 Å². The maximum atomic E-state index is 14.5. The minimum absolute atomic E-state index is 0.0465. The van der Waals surface area contributed by atoms with Crippen LogP contribution in [0.1, 0.15) is 35.9 Å². The summed E-state index contributed by atoms with van der Waals surface area (Å²) >= 11 is 0. The number of rotatable bonds is 1. The van der Waals surface area contributed by atoms with E-state index in [0.717, 1.165) is 11.8 Å². The van der Waals surface area contributed by atoms with Gasteiger partial charge in [0.25, 0.3) is 6.02 Å². The first-order valence-corrected chi connectivity index (χ1v) is 8.26. The molecule has 3 rings (SSSR count). The fraction of sp³-hybridized carbons (Fsp3) is 0.316. The number of aromatic nitrogens is 2.